The van der Waals surface area contributed by atoms with Crippen LogP contribution in [0.25, 0.3) is 0 Å². The summed E-state index contributed by atoms with van der Waals surface area (Å²) in [5.74, 6) is 0.151. The highest BCUT2D eigenvalue weighted by Crippen LogP contribution is 2.02. The molecule has 0 fully saturated rings. The fourth-order valence-electron chi connectivity index (χ4n) is 0.556. The van der Waals surface area contributed by atoms with Crippen molar-refractivity contribution in [1.29, 1.82) is 5.41 Å². The lowest BCUT2D eigenvalue weighted by Gasteiger charge is -1.92. The van der Waals surface area contributed by atoms with Gasteiger partial charge >= 0.3 is 0 Å². The quantitative estimate of drug-likeness (QED) is 0.381. The van der Waals surface area contributed by atoms with E-state index in [1.54, 1.807) is 7.05 Å². The van der Waals surface area contributed by atoms with E-state index in [2.05, 4.69) is 10.3 Å². The van der Waals surface area contributed by atoms with Gasteiger partial charge in [0.25, 0.3) is 0 Å². The van der Waals surface area contributed by atoms with Crippen LogP contribution in [0.1, 0.15) is 5.69 Å². The van der Waals surface area contributed by atoms with Crippen molar-refractivity contribution >= 4 is 24.1 Å². The van der Waals surface area contributed by atoms with Gasteiger partial charge in [-0.1, -0.05) is 5.21 Å². The van der Waals surface area contributed by atoms with E-state index in [9.17, 15) is 0 Å². The Morgan fingerprint density at radius 3 is 2.36 bits per heavy atom. The molecule has 0 amide bonds. The zero-order valence-corrected chi connectivity index (χ0v) is 6.72. The predicted octanol–water partition coefficient (Wildman–Crippen LogP) is -0.897. The van der Waals surface area contributed by atoms with Crippen LogP contribution in [-0.4, -0.2) is 20.8 Å². The van der Waals surface area contributed by atoms with Gasteiger partial charge in [0.2, 0.25) is 0 Å². The maximum atomic E-state index is 6.97. The van der Waals surface area contributed by atoms with Crippen molar-refractivity contribution in [3.63, 3.8) is 0 Å². The van der Waals surface area contributed by atoms with E-state index in [0.717, 1.165) is 0 Å². The van der Waals surface area contributed by atoms with E-state index < -0.39 is 0 Å². The molecule has 0 aliphatic heterocycles. The molecule has 0 radical (unpaired) electrons. The fourth-order valence-corrected chi connectivity index (χ4v) is 0.556. The van der Waals surface area contributed by atoms with Crippen molar-refractivity contribution in [2.45, 2.75) is 0 Å². The van der Waals surface area contributed by atoms with Gasteiger partial charge in [-0.15, -0.1) is 17.5 Å². The molecule has 0 spiro atoms. The standard InChI is InChI=1S/C4H8N6.ClH/c1-10-4(7)2(3(5)6)8-9-10;/h7H2,1H3,(H3,5,6);1H. The molecule has 0 atom stereocenters. The van der Waals surface area contributed by atoms with Crippen molar-refractivity contribution in [3.8, 4) is 0 Å². The second-order valence-corrected chi connectivity index (χ2v) is 1.86. The molecular weight excluding hydrogens is 168 g/mol. The number of hydrogen-bond donors (Lipinski definition) is 3. The lowest BCUT2D eigenvalue weighted by molar-refractivity contribution is 0.722. The maximum Gasteiger partial charge on any atom is 0.170 e. The van der Waals surface area contributed by atoms with Crippen LogP contribution in [0.2, 0.25) is 0 Å². The molecule has 0 aliphatic carbocycles. The smallest absolute Gasteiger partial charge is 0.170 e. The number of aromatic nitrogens is 3. The van der Waals surface area contributed by atoms with Gasteiger partial charge in [0.05, 0.1) is 0 Å². The molecular formula is C4H9ClN6. The van der Waals surface area contributed by atoms with Crippen LogP contribution in [-0.2, 0) is 7.05 Å². The first kappa shape index (κ1) is 9.70. The Bertz CT molecular complexity index is 266. The number of nitrogen functional groups attached to an aromatic ring is 2. The number of aryl methyl sites for hydroxylation is 1. The number of nitrogens with two attached hydrogens (primary N) is 2. The third kappa shape index (κ3) is 1.58. The van der Waals surface area contributed by atoms with Crippen LogP contribution < -0.4 is 11.5 Å². The first-order chi connectivity index (χ1) is 4.63. The Kier molecular flexibility index (Phi) is 2.82. The summed E-state index contributed by atoms with van der Waals surface area (Å²) in [7, 11) is 1.63. The topological polar surface area (TPSA) is 107 Å². The number of hydrogen-bond acceptors (Lipinski definition) is 4. The van der Waals surface area contributed by atoms with Crippen LogP contribution in [0.3, 0.4) is 0 Å². The molecule has 0 saturated carbocycles. The SMILES string of the molecule is Cl.Cn1nnc(C(=N)N)c1N. The van der Waals surface area contributed by atoms with Gasteiger partial charge in [0, 0.05) is 7.05 Å². The molecule has 1 aromatic rings. The first-order valence-electron chi connectivity index (χ1n) is 2.62. The molecule has 7 heteroatoms. The van der Waals surface area contributed by atoms with Crippen molar-refractivity contribution in [2.75, 3.05) is 5.73 Å². The van der Waals surface area contributed by atoms with Gasteiger partial charge in [0.1, 0.15) is 5.84 Å². The van der Waals surface area contributed by atoms with Crippen molar-refractivity contribution in [3.05, 3.63) is 5.69 Å². The minimum absolute atomic E-state index is 0. The van der Waals surface area contributed by atoms with Crippen molar-refractivity contribution < 1.29 is 0 Å². The minimum atomic E-state index is -0.161. The highest BCUT2D eigenvalue weighted by atomic mass is 35.5. The first-order valence-corrected chi connectivity index (χ1v) is 2.62. The summed E-state index contributed by atoms with van der Waals surface area (Å²) >= 11 is 0. The van der Waals surface area contributed by atoms with Gasteiger partial charge in [0.15, 0.2) is 11.5 Å². The van der Waals surface area contributed by atoms with Crippen LogP contribution in [0.15, 0.2) is 0 Å². The summed E-state index contributed by atoms with van der Waals surface area (Å²) in [6.07, 6.45) is 0. The average Bonchev–Trinajstić information content (AvgIpc) is 2.14. The number of amidine groups is 1. The molecule has 5 N–H and O–H groups in total. The van der Waals surface area contributed by atoms with Gasteiger partial charge in [-0.2, -0.15) is 0 Å². The number of nitrogens with zero attached hydrogens (tertiary/aromatic N) is 3. The fraction of sp³-hybridized carbons (Fsp3) is 0.250. The average molecular weight is 177 g/mol. The summed E-state index contributed by atoms with van der Waals surface area (Å²) in [6, 6.07) is 0. The Morgan fingerprint density at radius 1 is 1.64 bits per heavy atom. The molecule has 1 heterocycles. The molecule has 62 valence electrons. The van der Waals surface area contributed by atoms with E-state index in [1.165, 1.54) is 4.68 Å². The molecule has 6 nitrogen and oxygen atoms in total. The molecule has 0 bridgehead atoms. The van der Waals surface area contributed by atoms with Crippen LogP contribution in [0.5, 0.6) is 0 Å². The van der Waals surface area contributed by atoms with E-state index >= 15 is 0 Å². The molecule has 0 aliphatic rings. The summed E-state index contributed by atoms with van der Waals surface area (Å²) in [5.41, 5.74) is 10.8. The Balaban J connectivity index is 0.000001000. The van der Waals surface area contributed by atoms with E-state index in [4.69, 9.17) is 16.9 Å². The lowest BCUT2D eigenvalue weighted by atomic mass is 10.4. The third-order valence-electron chi connectivity index (χ3n) is 1.13. The minimum Gasteiger partial charge on any atom is -0.382 e. The van der Waals surface area contributed by atoms with Crippen molar-refractivity contribution in [1.82, 2.24) is 15.0 Å². The highest BCUT2D eigenvalue weighted by Gasteiger charge is 2.07. The number of nitrogens with one attached hydrogen (secondary N) is 1. The van der Waals surface area contributed by atoms with Crippen molar-refractivity contribution in [2.24, 2.45) is 12.8 Å². The Hall–Kier alpha value is -1.30. The summed E-state index contributed by atoms with van der Waals surface area (Å²) < 4.78 is 1.36. The summed E-state index contributed by atoms with van der Waals surface area (Å²) in [5, 5.41) is 14.1. The van der Waals surface area contributed by atoms with E-state index in [-0.39, 0.29) is 23.9 Å². The monoisotopic (exact) mass is 176 g/mol. The van der Waals surface area contributed by atoms with Gasteiger partial charge in [-0.25, -0.2) is 4.68 Å². The maximum absolute atomic E-state index is 6.97. The second-order valence-electron chi connectivity index (χ2n) is 1.86. The molecule has 0 saturated heterocycles. The molecule has 0 unspecified atom stereocenters. The number of rotatable bonds is 1. The molecule has 1 rings (SSSR count). The number of anilines is 1. The third-order valence-corrected chi connectivity index (χ3v) is 1.13. The molecule has 0 aromatic carbocycles. The number of halogens is 1. The molecule has 1 aromatic heterocycles. The second kappa shape index (κ2) is 3.20. The Morgan fingerprint density at radius 2 is 2.18 bits per heavy atom. The van der Waals surface area contributed by atoms with Gasteiger partial charge in [-0.3, -0.25) is 5.41 Å². The molecule has 11 heavy (non-hydrogen) atoms. The van der Waals surface area contributed by atoms with Crippen LogP contribution >= 0.6 is 12.4 Å². The lowest BCUT2D eigenvalue weighted by Crippen LogP contribution is -2.14. The largest absolute Gasteiger partial charge is 0.382 e. The summed E-state index contributed by atoms with van der Waals surface area (Å²) in [6.45, 7) is 0. The summed E-state index contributed by atoms with van der Waals surface area (Å²) in [4.78, 5) is 0. The normalized spacial score (nSPS) is 8.82. The van der Waals surface area contributed by atoms with Gasteiger partial charge in [-0.05, 0) is 0 Å². The highest BCUT2D eigenvalue weighted by molar-refractivity contribution is 5.96. The zero-order valence-electron chi connectivity index (χ0n) is 5.90. The van der Waals surface area contributed by atoms with E-state index in [1.807, 2.05) is 0 Å². The van der Waals surface area contributed by atoms with Gasteiger partial charge < -0.3 is 11.5 Å². The Labute approximate surface area is 69.5 Å². The van der Waals surface area contributed by atoms with E-state index in [0.29, 0.717) is 5.82 Å². The predicted molar refractivity (Wildman–Crippen MR) is 43.7 cm³/mol. The van der Waals surface area contributed by atoms with Crippen LogP contribution in [0, 0.1) is 5.41 Å². The van der Waals surface area contributed by atoms with Crippen LogP contribution in [0.4, 0.5) is 5.82 Å². The zero-order chi connectivity index (χ0) is 7.72.